The summed E-state index contributed by atoms with van der Waals surface area (Å²) in [7, 11) is 3.36. The van der Waals surface area contributed by atoms with E-state index in [9.17, 15) is 4.79 Å². The molecule has 1 amide bonds. The minimum Gasteiger partial charge on any atom is -0.497 e. The van der Waals surface area contributed by atoms with Crippen LogP contribution in [-0.2, 0) is 4.79 Å². The molecule has 1 aromatic rings. The predicted molar refractivity (Wildman–Crippen MR) is 121 cm³/mol. The van der Waals surface area contributed by atoms with Crippen LogP contribution in [0.5, 0.6) is 11.5 Å². The molecule has 29 heavy (non-hydrogen) atoms. The van der Waals surface area contributed by atoms with Gasteiger partial charge in [-0.2, -0.15) is 0 Å². The molecular formula is C20H34Cl2N4O3. The highest BCUT2D eigenvalue weighted by Crippen LogP contribution is 2.29. The molecule has 2 aliphatic rings. The third-order valence-corrected chi connectivity index (χ3v) is 5.40. The summed E-state index contributed by atoms with van der Waals surface area (Å²) in [5, 5.41) is 3.29. The Morgan fingerprint density at radius 2 is 1.59 bits per heavy atom. The van der Waals surface area contributed by atoms with Crippen molar-refractivity contribution in [1.82, 2.24) is 15.1 Å². The van der Waals surface area contributed by atoms with E-state index in [0.717, 1.165) is 82.5 Å². The zero-order valence-electron chi connectivity index (χ0n) is 17.4. The third-order valence-electron chi connectivity index (χ3n) is 5.40. The number of amides is 1. The van der Waals surface area contributed by atoms with Crippen LogP contribution in [0.1, 0.15) is 12.8 Å². The molecule has 0 unspecified atom stereocenters. The van der Waals surface area contributed by atoms with Gasteiger partial charge in [-0.05, 0) is 13.0 Å². The van der Waals surface area contributed by atoms with Gasteiger partial charge in [0.05, 0.1) is 14.2 Å². The Morgan fingerprint density at radius 1 is 0.931 bits per heavy atom. The fraction of sp³-hybridized carbons (Fsp3) is 0.650. The first-order valence-electron chi connectivity index (χ1n) is 9.88. The lowest BCUT2D eigenvalue weighted by atomic mass is 10.2. The average molecular weight is 449 g/mol. The number of carbonyl (C=O) groups is 1. The lowest BCUT2D eigenvalue weighted by Crippen LogP contribution is -2.47. The van der Waals surface area contributed by atoms with E-state index in [-0.39, 0.29) is 30.7 Å². The molecule has 0 aliphatic carbocycles. The Bertz CT molecular complexity index is 607. The van der Waals surface area contributed by atoms with Crippen LogP contribution >= 0.6 is 24.8 Å². The minimum absolute atomic E-state index is 0. The fourth-order valence-corrected chi connectivity index (χ4v) is 3.75. The number of piperazine rings is 1. The van der Waals surface area contributed by atoms with Crippen molar-refractivity contribution < 1.29 is 14.3 Å². The number of benzene rings is 1. The molecule has 3 rings (SSSR count). The Morgan fingerprint density at radius 3 is 2.21 bits per heavy atom. The number of halogens is 2. The van der Waals surface area contributed by atoms with E-state index in [1.54, 1.807) is 14.2 Å². The van der Waals surface area contributed by atoms with Gasteiger partial charge in [-0.3, -0.25) is 4.79 Å². The Labute approximate surface area is 186 Å². The second kappa shape index (κ2) is 13.0. The molecule has 2 fully saturated rings. The summed E-state index contributed by atoms with van der Waals surface area (Å²) in [6.45, 7) is 8.28. The number of ether oxygens (including phenoxy) is 2. The third kappa shape index (κ3) is 7.41. The van der Waals surface area contributed by atoms with Crippen molar-refractivity contribution in [3.63, 3.8) is 0 Å². The van der Waals surface area contributed by atoms with E-state index in [1.807, 2.05) is 11.0 Å². The molecule has 1 N–H and O–H groups in total. The summed E-state index contributed by atoms with van der Waals surface area (Å²) >= 11 is 0. The smallest absolute Gasteiger partial charge is 0.223 e. The second-order valence-corrected chi connectivity index (χ2v) is 7.13. The molecule has 0 atom stereocenters. The van der Waals surface area contributed by atoms with Crippen LogP contribution in [0.3, 0.4) is 0 Å². The van der Waals surface area contributed by atoms with Crippen LogP contribution < -0.4 is 19.7 Å². The summed E-state index contributed by atoms with van der Waals surface area (Å²) in [5.74, 6) is 1.91. The first-order valence-corrected chi connectivity index (χ1v) is 9.88. The molecule has 0 saturated carbocycles. The molecule has 7 nitrogen and oxygen atoms in total. The number of nitrogens with one attached hydrogen (secondary N) is 1. The summed E-state index contributed by atoms with van der Waals surface area (Å²) in [5.41, 5.74) is 1.13. The van der Waals surface area contributed by atoms with Crippen LogP contribution in [0.25, 0.3) is 0 Å². The lowest BCUT2D eigenvalue weighted by Gasteiger charge is -2.28. The highest BCUT2D eigenvalue weighted by Gasteiger charge is 2.20. The largest absolute Gasteiger partial charge is 0.497 e. The van der Waals surface area contributed by atoms with Crippen LogP contribution in [0.15, 0.2) is 18.2 Å². The highest BCUT2D eigenvalue weighted by atomic mass is 35.5. The fourth-order valence-electron chi connectivity index (χ4n) is 3.75. The Balaban J connectivity index is 0.00000210. The molecule has 2 heterocycles. The van der Waals surface area contributed by atoms with Crippen molar-refractivity contribution in [1.29, 1.82) is 0 Å². The normalized spacial score (nSPS) is 17.6. The maximum absolute atomic E-state index is 12.4. The quantitative estimate of drug-likeness (QED) is 0.716. The van der Waals surface area contributed by atoms with Crippen molar-refractivity contribution in [2.24, 2.45) is 0 Å². The number of hydrogen-bond donors (Lipinski definition) is 1. The molecule has 2 aliphatic heterocycles. The first-order chi connectivity index (χ1) is 13.2. The van der Waals surface area contributed by atoms with Crippen molar-refractivity contribution >= 4 is 36.4 Å². The monoisotopic (exact) mass is 448 g/mol. The van der Waals surface area contributed by atoms with Gasteiger partial charge in [-0.25, -0.2) is 0 Å². The average Bonchev–Trinajstić information content (AvgIpc) is 2.98. The molecule has 0 spiro atoms. The predicted octanol–water partition coefficient (Wildman–Crippen LogP) is 1.88. The van der Waals surface area contributed by atoms with Gasteiger partial charge in [0.25, 0.3) is 0 Å². The molecule has 0 bridgehead atoms. The van der Waals surface area contributed by atoms with Crippen LogP contribution in [0, 0.1) is 0 Å². The maximum Gasteiger partial charge on any atom is 0.223 e. The van der Waals surface area contributed by atoms with Crippen LogP contribution in [0.2, 0.25) is 0 Å². The molecule has 9 heteroatoms. The molecule has 0 radical (unpaired) electrons. The minimum atomic E-state index is 0. The lowest BCUT2D eigenvalue weighted by molar-refractivity contribution is -0.132. The summed E-state index contributed by atoms with van der Waals surface area (Å²) < 4.78 is 10.8. The summed E-state index contributed by atoms with van der Waals surface area (Å²) in [6, 6.07) is 6.02. The molecule has 166 valence electrons. The molecule has 0 aromatic heterocycles. The van der Waals surface area contributed by atoms with Gasteiger partial charge in [0.2, 0.25) is 5.91 Å². The highest BCUT2D eigenvalue weighted by molar-refractivity contribution is 5.85. The van der Waals surface area contributed by atoms with Gasteiger partial charge < -0.3 is 29.5 Å². The van der Waals surface area contributed by atoms with Gasteiger partial charge in [-0.1, -0.05) is 0 Å². The SMILES string of the molecule is COc1cc(OC)cc(N2CCCN(CCC(=O)N3CCNCC3)CC2)c1.Cl.Cl. The van der Waals surface area contributed by atoms with Crippen molar-refractivity contribution in [2.45, 2.75) is 12.8 Å². The van der Waals surface area contributed by atoms with Gasteiger partial charge in [0.15, 0.2) is 0 Å². The van der Waals surface area contributed by atoms with E-state index >= 15 is 0 Å². The topological polar surface area (TPSA) is 57.3 Å². The van der Waals surface area contributed by atoms with Crippen molar-refractivity contribution in [3.05, 3.63) is 18.2 Å². The second-order valence-electron chi connectivity index (χ2n) is 7.13. The van der Waals surface area contributed by atoms with Gasteiger partial charge in [-0.15, -0.1) is 24.8 Å². The number of methoxy groups -OCH3 is 2. The van der Waals surface area contributed by atoms with E-state index < -0.39 is 0 Å². The van der Waals surface area contributed by atoms with Crippen LogP contribution in [0.4, 0.5) is 5.69 Å². The number of carbonyl (C=O) groups excluding carboxylic acids is 1. The molecular weight excluding hydrogens is 415 g/mol. The van der Waals surface area contributed by atoms with Gasteiger partial charge >= 0.3 is 0 Å². The number of hydrogen-bond acceptors (Lipinski definition) is 6. The molecule has 1 aromatic carbocycles. The standard InChI is InChI=1S/C20H32N4O3.2ClH/c1-26-18-14-17(15-19(16-18)27-2)23-8-3-7-22(12-13-23)9-4-20(25)24-10-5-21-6-11-24;;/h14-16,21H,3-13H2,1-2H3;2*1H. The number of rotatable bonds is 6. The number of anilines is 1. The first kappa shape index (κ1) is 25.6. The summed E-state index contributed by atoms with van der Waals surface area (Å²) in [6.07, 6.45) is 1.70. The molecule has 2 saturated heterocycles. The van der Waals surface area contributed by atoms with Crippen molar-refractivity contribution in [3.8, 4) is 11.5 Å². The van der Waals surface area contributed by atoms with Gasteiger partial charge in [0, 0.05) is 82.7 Å². The van der Waals surface area contributed by atoms with Crippen LogP contribution in [-0.4, -0.2) is 88.8 Å². The maximum atomic E-state index is 12.4. The van der Waals surface area contributed by atoms with E-state index in [4.69, 9.17) is 9.47 Å². The van der Waals surface area contributed by atoms with Gasteiger partial charge in [0.1, 0.15) is 11.5 Å². The van der Waals surface area contributed by atoms with E-state index in [0.29, 0.717) is 6.42 Å². The Kier molecular flexibility index (Phi) is 11.5. The van der Waals surface area contributed by atoms with E-state index in [2.05, 4.69) is 27.2 Å². The van der Waals surface area contributed by atoms with E-state index in [1.165, 1.54) is 0 Å². The zero-order valence-corrected chi connectivity index (χ0v) is 19.0. The summed E-state index contributed by atoms with van der Waals surface area (Å²) in [4.78, 5) is 19.2. The van der Waals surface area contributed by atoms with Crippen molar-refractivity contribution in [2.75, 3.05) is 78.0 Å². The number of nitrogens with zero attached hydrogens (tertiary/aromatic N) is 3. The zero-order chi connectivity index (χ0) is 19.1. The Hall–Kier alpha value is -1.41.